The smallest absolute Gasteiger partial charge is 0.302 e. The first-order chi connectivity index (χ1) is 11.8. The highest BCUT2D eigenvalue weighted by molar-refractivity contribution is 5.96. The zero-order valence-electron chi connectivity index (χ0n) is 15.5. The van der Waals surface area contributed by atoms with Gasteiger partial charge in [-0.15, -0.1) is 0 Å². The number of allylic oxidation sites excluding steroid dienone is 1. The molecule has 4 aliphatic carbocycles. The molecule has 1 unspecified atom stereocenters. The summed E-state index contributed by atoms with van der Waals surface area (Å²) < 4.78 is 5.42. The van der Waals surface area contributed by atoms with E-state index < -0.39 is 0 Å². The first-order valence-corrected chi connectivity index (χ1v) is 9.71. The fourth-order valence-electron chi connectivity index (χ4n) is 6.48. The minimum Gasteiger partial charge on any atom is -0.462 e. The lowest BCUT2D eigenvalue weighted by Crippen LogP contribution is -2.53. The van der Waals surface area contributed by atoms with Gasteiger partial charge in [-0.3, -0.25) is 14.4 Å². The first kappa shape index (κ1) is 17.0. The van der Waals surface area contributed by atoms with Crippen LogP contribution in [0.5, 0.6) is 0 Å². The maximum Gasteiger partial charge on any atom is 0.302 e. The summed E-state index contributed by atoms with van der Waals surface area (Å²) in [5.74, 6) is 0.888. The third kappa shape index (κ3) is 2.36. The molecule has 0 aromatic heterocycles. The highest BCUT2D eigenvalue weighted by Gasteiger charge is 2.61. The zero-order valence-corrected chi connectivity index (χ0v) is 15.5. The number of ketones is 2. The summed E-state index contributed by atoms with van der Waals surface area (Å²) in [7, 11) is 0. The average Bonchev–Trinajstić information content (AvgIpc) is 2.84. The Balaban J connectivity index is 1.67. The normalized spacial score (nSPS) is 46.0. The lowest BCUT2D eigenvalue weighted by molar-refractivity contribution is -0.149. The van der Waals surface area contributed by atoms with E-state index in [1.807, 2.05) is 6.08 Å². The van der Waals surface area contributed by atoms with Crippen LogP contribution in [0.15, 0.2) is 11.6 Å². The van der Waals surface area contributed by atoms with Gasteiger partial charge >= 0.3 is 5.97 Å². The van der Waals surface area contributed by atoms with Gasteiger partial charge in [-0.2, -0.15) is 0 Å². The second-order valence-corrected chi connectivity index (χ2v) is 9.12. The van der Waals surface area contributed by atoms with Crippen LogP contribution in [-0.4, -0.2) is 23.6 Å². The molecule has 0 aromatic carbocycles. The number of esters is 1. The SMILES string of the molecule is CC(=O)OC1CC[C@@]2(C)C(=CC(=O)[C@@H]3[C@H]2CC[C@]2(C)C(=O)CC[C@@H]32)C1. The summed E-state index contributed by atoms with van der Waals surface area (Å²) in [5, 5.41) is 0. The van der Waals surface area contributed by atoms with E-state index in [0.29, 0.717) is 24.5 Å². The molecule has 6 atom stereocenters. The van der Waals surface area contributed by atoms with Crippen LogP contribution >= 0.6 is 0 Å². The van der Waals surface area contributed by atoms with Crippen LogP contribution < -0.4 is 0 Å². The second kappa shape index (κ2) is 5.52. The number of ether oxygens (including phenoxy) is 1. The minimum atomic E-state index is -0.284. The Morgan fingerprint density at radius 3 is 2.48 bits per heavy atom. The Bertz CT molecular complexity index is 677. The van der Waals surface area contributed by atoms with Crippen molar-refractivity contribution in [1.29, 1.82) is 0 Å². The van der Waals surface area contributed by atoms with E-state index >= 15 is 0 Å². The highest BCUT2D eigenvalue weighted by atomic mass is 16.5. The van der Waals surface area contributed by atoms with Crippen molar-refractivity contribution < 1.29 is 19.1 Å². The predicted molar refractivity (Wildman–Crippen MR) is 92.7 cm³/mol. The van der Waals surface area contributed by atoms with E-state index in [4.69, 9.17) is 4.74 Å². The van der Waals surface area contributed by atoms with Crippen LogP contribution in [-0.2, 0) is 19.1 Å². The first-order valence-electron chi connectivity index (χ1n) is 9.71. The molecule has 0 aliphatic heterocycles. The number of carbonyl (C=O) groups excluding carboxylic acids is 3. The lowest BCUT2D eigenvalue weighted by Gasteiger charge is -2.55. The van der Waals surface area contributed by atoms with Gasteiger partial charge in [0.2, 0.25) is 0 Å². The van der Waals surface area contributed by atoms with Crippen molar-refractivity contribution >= 4 is 17.5 Å². The Morgan fingerprint density at radius 1 is 1.08 bits per heavy atom. The number of hydrogen-bond acceptors (Lipinski definition) is 4. The lowest BCUT2D eigenvalue weighted by atomic mass is 9.48. The van der Waals surface area contributed by atoms with Crippen molar-refractivity contribution in [2.75, 3.05) is 0 Å². The van der Waals surface area contributed by atoms with Crippen LogP contribution in [0, 0.1) is 28.6 Å². The predicted octanol–water partition coefficient (Wildman–Crippen LogP) is 3.63. The molecule has 4 heteroatoms. The second-order valence-electron chi connectivity index (χ2n) is 9.12. The average molecular weight is 344 g/mol. The zero-order chi connectivity index (χ0) is 18.0. The number of carbonyl (C=O) groups is 3. The van der Waals surface area contributed by atoms with E-state index in [1.165, 1.54) is 12.5 Å². The van der Waals surface area contributed by atoms with Crippen LogP contribution in [0.25, 0.3) is 0 Å². The summed E-state index contributed by atoms with van der Waals surface area (Å²) in [4.78, 5) is 36.8. The molecule has 0 N–H and O–H groups in total. The summed E-state index contributed by atoms with van der Waals surface area (Å²) in [6, 6.07) is 0. The topological polar surface area (TPSA) is 60.4 Å². The van der Waals surface area contributed by atoms with Crippen molar-refractivity contribution in [2.45, 2.75) is 71.8 Å². The third-order valence-corrected chi connectivity index (χ3v) is 7.94. The molecule has 3 saturated carbocycles. The number of fused-ring (bicyclic) bond motifs is 5. The molecular weight excluding hydrogens is 316 g/mol. The Morgan fingerprint density at radius 2 is 1.76 bits per heavy atom. The van der Waals surface area contributed by atoms with Crippen molar-refractivity contribution in [2.24, 2.45) is 28.6 Å². The van der Waals surface area contributed by atoms with Crippen LogP contribution in [0.4, 0.5) is 0 Å². The van der Waals surface area contributed by atoms with Gasteiger partial charge in [-0.1, -0.05) is 19.4 Å². The van der Waals surface area contributed by atoms with Crippen LogP contribution in [0.2, 0.25) is 0 Å². The molecule has 4 aliphatic rings. The Kier molecular flexibility index (Phi) is 3.75. The highest BCUT2D eigenvalue weighted by Crippen LogP contribution is 2.63. The van der Waals surface area contributed by atoms with E-state index in [9.17, 15) is 14.4 Å². The fourth-order valence-corrected chi connectivity index (χ4v) is 6.48. The largest absolute Gasteiger partial charge is 0.462 e. The fraction of sp³-hybridized carbons (Fsp3) is 0.762. The van der Waals surface area contributed by atoms with Crippen molar-refractivity contribution in [3.05, 3.63) is 11.6 Å². The Labute approximate surface area is 149 Å². The maximum atomic E-state index is 13.1. The monoisotopic (exact) mass is 344 g/mol. The van der Waals surface area contributed by atoms with Crippen molar-refractivity contribution in [3.8, 4) is 0 Å². The molecule has 3 fully saturated rings. The van der Waals surface area contributed by atoms with Gasteiger partial charge in [-0.05, 0) is 55.4 Å². The van der Waals surface area contributed by atoms with E-state index in [1.54, 1.807) is 0 Å². The number of Topliss-reactive ketones (excluding diaryl/α,β-unsaturated/α-hetero) is 1. The molecule has 0 saturated heterocycles. The maximum absolute atomic E-state index is 13.1. The molecule has 136 valence electrons. The van der Waals surface area contributed by atoms with Crippen LogP contribution in [0.3, 0.4) is 0 Å². The molecular formula is C21H28O4. The van der Waals surface area contributed by atoms with Crippen molar-refractivity contribution in [1.82, 2.24) is 0 Å². The summed E-state index contributed by atoms with van der Waals surface area (Å²) >= 11 is 0. The van der Waals surface area contributed by atoms with Gasteiger partial charge in [0.1, 0.15) is 11.9 Å². The summed E-state index contributed by atoms with van der Waals surface area (Å²) in [6.07, 6.45) is 7.66. The van der Waals surface area contributed by atoms with Gasteiger partial charge in [0.05, 0.1) is 0 Å². The molecule has 0 spiro atoms. The van der Waals surface area contributed by atoms with Gasteiger partial charge in [0, 0.05) is 31.1 Å². The standard InChI is InChI=1S/C21H28O4/c1-12(22)25-14-6-8-20(2)13(10-14)11-17(23)19-15-4-5-18(24)21(15,3)9-7-16(19)20/h11,14-16,19H,4-10H2,1-3H3/t14?,15-,16+,19-,20-,21-/m0/s1. The number of rotatable bonds is 1. The molecule has 0 heterocycles. The molecule has 0 amide bonds. The van der Waals surface area contributed by atoms with E-state index in [2.05, 4.69) is 13.8 Å². The minimum absolute atomic E-state index is 0.00391. The molecule has 0 radical (unpaired) electrons. The number of hydrogen-bond donors (Lipinski definition) is 0. The molecule has 4 rings (SSSR count). The summed E-state index contributed by atoms with van der Waals surface area (Å²) in [5.41, 5.74) is 0.902. The van der Waals surface area contributed by atoms with Crippen molar-refractivity contribution in [3.63, 3.8) is 0 Å². The van der Waals surface area contributed by atoms with Gasteiger partial charge in [0.15, 0.2) is 5.78 Å². The third-order valence-electron chi connectivity index (χ3n) is 7.94. The quantitative estimate of drug-likeness (QED) is 0.682. The molecule has 4 nitrogen and oxygen atoms in total. The van der Waals surface area contributed by atoms with Gasteiger partial charge in [-0.25, -0.2) is 0 Å². The van der Waals surface area contributed by atoms with Crippen LogP contribution in [0.1, 0.15) is 65.7 Å². The van der Waals surface area contributed by atoms with E-state index in [-0.39, 0.29) is 40.5 Å². The summed E-state index contributed by atoms with van der Waals surface area (Å²) in [6.45, 7) is 5.84. The van der Waals surface area contributed by atoms with Gasteiger partial charge in [0.25, 0.3) is 0 Å². The molecule has 25 heavy (non-hydrogen) atoms. The van der Waals surface area contributed by atoms with E-state index in [0.717, 1.165) is 32.1 Å². The molecule has 0 bridgehead atoms. The Hall–Kier alpha value is -1.45. The molecule has 0 aromatic rings. The van der Waals surface area contributed by atoms with Gasteiger partial charge < -0.3 is 4.74 Å².